The van der Waals surface area contributed by atoms with E-state index in [0.29, 0.717) is 0 Å². The van der Waals surface area contributed by atoms with E-state index in [-0.39, 0.29) is 0 Å². The second-order valence-electron chi connectivity index (χ2n) is 13.2. The zero-order valence-corrected chi connectivity index (χ0v) is 29.1. The van der Waals surface area contributed by atoms with E-state index in [1.165, 1.54) is 27.7 Å². The summed E-state index contributed by atoms with van der Waals surface area (Å²) in [5, 5.41) is 7.07. The molecular weight excluding hydrogens is 637 g/mol. The summed E-state index contributed by atoms with van der Waals surface area (Å²) in [5.74, 6) is 1.59. The summed E-state index contributed by atoms with van der Waals surface area (Å²) < 4.78 is 12.6. The van der Waals surface area contributed by atoms with Gasteiger partial charge in [-0.25, -0.2) is 0 Å². The van der Waals surface area contributed by atoms with Crippen molar-refractivity contribution in [3.05, 3.63) is 175 Å². The third-order valence-corrected chi connectivity index (χ3v) is 10.3. The van der Waals surface area contributed by atoms with Crippen LogP contribution in [0.3, 0.4) is 0 Å². The van der Waals surface area contributed by atoms with Crippen molar-refractivity contribution in [2.45, 2.75) is 13.8 Å². The largest absolute Gasteiger partial charge is 0.456 e. The van der Waals surface area contributed by atoms with Gasteiger partial charge in [-0.15, -0.1) is 0 Å². The maximum atomic E-state index is 6.32. The predicted octanol–water partition coefficient (Wildman–Crippen LogP) is 13.5. The number of para-hydroxylation sites is 2. The Morgan fingerprint density at radius 2 is 1.02 bits per heavy atom. The molecule has 0 amide bonds. The Bertz CT molecular complexity index is 2840. The van der Waals surface area contributed by atoms with Gasteiger partial charge in [0.15, 0.2) is 0 Å². The minimum absolute atomic E-state index is 0.777. The summed E-state index contributed by atoms with van der Waals surface area (Å²) in [6.07, 6.45) is 5.12. The molecule has 0 bridgehead atoms. The van der Waals surface area contributed by atoms with Crippen LogP contribution < -0.4 is 10.6 Å². The summed E-state index contributed by atoms with van der Waals surface area (Å²) in [6, 6.07) is 49.8. The molecule has 2 aromatic heterocycles. The van der Waals surface area contributed by atoms with E-state index in [0.717, 1.165) is 83.9 Å². The van der Waals surface area contributed by atoms with Gasteiger partial charge in [0.1, 0.15) is 22.7 Å². The highest BCUT2D eigenvalue weighted by Gasteiger charge is 2.18. The van der Waals surface area contributed by atoms with Gasteiger partial charge >= 0.3 is 0 Å². The number of anilines is 3. The lowest BCUT2D eigenvalue weighted by Crippen LogP contribution is -2.09. The molecule has 0 aliphatic heterocycles. The molecule has 52 heavy (non-hydrogen) atoms. The Morgan fingerprint density at radius 1 is 0.519 bits per heavy atom. The number of rotatable bonds is 7. The maximum absolute atomic E-state index is 6.32. The molecule has 9 aromatic rings. The quantitative estimate of drug-likeness (QED) is 0.171. The van der Waals surface area contributed by atoms with Crippen molar-refractivity contribution in [1.29, 1.82) is 0 Å². The molecule has 0 fully saturated rings. The number of aryl methyl sites for hydroxylation is 2. The molecule has 9 rings (SSSR count). The van der Waals surface area contributed by atoms with Crippen LogP contribution in [0.1, 0.15) is 22.6 Å². The molecule has 0 atom stereocenters. The number of benzene rings is 7. The van der Waals surface area contributed by atoms with Crippen molar-refractivity contribution in [3.63, 3.8) is 0 Å². The van der Waals surface area contributed by atoms with Crippen LogP contribution in [0.25, 0.3) is 77.9 Å². The van der Waals surface area contributed by atoms with Gasteiger partial charge in [-0.05, 0) is 101 Å². The highest BCUT2D eigenvalue weighted by Crippen LogP contribution is 2.41. The lowest BCUT2D eigenvalue weighted by atomic mass is 9.99. The van der Waals surface area contributed by atoms with Gasteiger partial charge in [0.25, 0.3) is 0 Å². The average Bonchev–Trinajstić information content (AvgIpc) is 3.70. The average molecular weight is 673 g/mol. The fraction of sp³-hybridized carbons (Fsp3) is 0.0417. The molecule has 0 radical (unpaired) electrons. The Balaban J connectivity index is 1.17. The van der Waals surface area contributed by atoms with E-state index < -0.39 is 0 Å². The zero-order valence-electron chi connectivity index (χ0n) is 29.1. The molecule has 250 valence electrons. The Kier molecular flexibility index (Phi) is 7.52. The molecule has 0 spiro atoms. The van der Waals surface area contributed by atoms with Crippen LogP contribution in [-0.2, 0) is 0 Å². The highest BCUT2D eigenvalue weighted by molar-refractivity contribution is 6.09. The fourth-order valence-electron chi connectivity index (χ4n) is 7.58. The van der Waals surface area contributed by atoms with Gasteiger partial charge in [-0.3, -0.25) is 0 Å². The summed E-state index contributed by atoms with van der Waals surface area (Å²) in [6.45, 7) is 8.10. The third kappa shape index (κ3) is 5.07. The predicted molar refractivity (Wildman–Crippen MR) is 219 cm³/mol. The van der Waals surface area contributed by atoms with Crippen LogP contribution in [0, 0.1) is 13.8 Å². The standard InChI is InChI=1S/C48H36N2O2/c1-4-45-30(2)39-11-7-13-42(47(39)51-45)33-17-22-36(23-18-33)50(38-26-21-35-16-15-32-9-5-6-10-41(32)44(35)29-38)37-24-19-34(20-25-37)43-14-8-12-40-31(3)46(27-28-49)52-48(40)43/h4-29H,1,49H2,2-3H3/b28-27-. The minimum atomic E-state index is 0.777. The van der Waals surface area contributed by atoms with Crippen LogP contribution >= 0.6 is 0 Å². The summed E-state index contributed by atoms with van der Waals surface area (Å²) in [5.41, 5.74) is 17.1. The number of nitrogens with zero attached hydrogens (tertiary/aromatic N) is 1. The van der Waals surface area contributed by atoms with Crippen molar-refractivity contribution in [1.82, 2.24) is 0 Å². The Hall–Kier alpha value is -6.78. The molecule has 0 aliphatic carbocycles. The monoisotopic (exact) mass is 672 g/mol. The number of furan rings is 2. The second kappa shape index (κ2) is 12.5. The molecule has 0 saturated carbocycles. The molecule has 0 aliphatic rings. The molecular formula is C48H36N2O2. The molecule has 0 unspecified atom stereocenters. The first kappa shape index (κ1) is 31.2. The Morgan fingerprint density at radius 3 is 1.62 bits per heavy atom. The first-order chi connectivity index (χ1) is 25.5. The number of hydrogen-bond donors (Lipinski definition) is 1. The van der Waals surface area contributed by atoms with Gasteiger partial charge in [-0.1, -0.05) is 110 Å². The zero-order chi connectivity index (χ0) is 35.3. The van der Waals surface area contributed by atoms with Gasteiger partial charge in [-0.2, -0.15) is 0 Å². The molecule has 2 N–H and O–H groups in total. The molecule has 4 heteroatoms. The number of hydrogen-bond acceptors (Lipinski definition) is 4. The van der Waals surface area contributed by atoms with Crippen LogP contribution in [-0.4, -0.2) is 0 Å². The van der Waals surface area contributed by atoms with E-state index >= 15 is 0 Å². The summed E-state index contributed by atoms with van der Waals surface area (Å²) >= 11 is 0. The van der Waals surface area contributed by atoms with Crippen LogP contribution in [0.2, 0.25) is 0 Å². The van der Waals surface area contributed by atoms with Crippen LogP contribution in [0.15, 0.2) is 161 Å². The van der Waals surface area contributed by atoms with Crippen molar-refractivity contribution in [3.8, 4) is 22.3 Å². The summed E-state index contributed by atoms with van der Waals surface area (Å²) in [4.78, 5) is 2.32. The van der Waals surface area contributed by atoms with E-state index in [2.05, 4.69) is 165 Å². The molecule has 0 saturated heterocycles. The van der Waals surface area contributed by atoms with Crippen LogP contribution in [0.4, 0.5) is 17.1 Å². The van der Waals surface area contributed by atoms with E-state index in [1.54, 1.807) is 6.08 Å². The number of fused-ring (bicyclic) bond motifs is 5. The SMILES string of the molecule is C=Cc1oc2c(-c3ccc(N(c4ccc(-c5cccc6c(C)c(/C=C\N)oc56)cc4)c4ccc5ccc6ccccc6c5c4)cc3)cccc2c1C. The van der Waals surface area contributed by atoms with Gasteiger partial charge in [0, 0.05) is 50.1 Å². The maximum Gasteiger partial charge on any atom is 0.142 e. The van der Waals surface area contributed by atoms with Crippen molar-refractivity contribution in [2.24, 2.45) is 5.73 Å². The van der Waals surface area contributed by atoms with Crippen molar-refractivity contribution >= 4 is 72.7 Å². The minimum Gasteiger partial charge on any atom is -0.456 e. The van der Waals surface area contributed by atoms with Gasteiger partial charge < -0.3 is 19.5 Å². The first-order valence-corrected chi connectivity index (χ1v) is 17.5. The summed E-state index contributed by atoms with van der Waals surface area (Å²) in [7, 11) is 0. The first-order valence-electron chi connectivity index (χ1n) is 17.5. The fourth-order valence-corrected chi connectivity index (χ4v) is 7.58. The second-order valence-corrected chi connectivity index (χ2v) is 13.2. The van der Waals surface area contributed by atoms with E-state index in [4.69, 9.17) is 14.6 Å². The smallest absolute Gasteiger partial charge is 0.142 e. The van der Waals surface area contributed by atoms with Crippen LogP contribution in [0.5, 0.6) is 0 Å². The lowest BCUT2D eigenvalue weighted by molar-refractivity contribution is 0.602. The van der Waals surface area contributed by atoms with E-state index in [9.17, 15) is 0 Å². The highest BCUT2D eigenvalue weighted by atomic mass is 16.3. The van der Waals surface area contributed by atoms with Crippen molar-refractivity contribution < 1.29 is 8.83 Å². The van der Waals surface area contributed by atoms with Crippen molar-refractivity contribution in [2.75, 3.05) is 4.90 Å². The third-order valence-electron chi connectivity index (χ3n) is 10.3. The van der Waals surface area contributed by atoms with E-state index in [1.807, 2.05) is 6.08 Å². The molecule has 4 nitrogen and oxygen atoms in total. The molecule has 2 heterocycles. The van der Waals surface area contributed by atoms with Gasteiger partial charge in [0.2, 0.25) is 0 Å². The topological polar surface area (TPSA) is 55.5 Å². The Labute approximate surface area is 302 Å². The normalized spacial score (nSPS) is 11.7. The molecule has 7 aromatic carbocycles. The number of nitrogens with two attached hydrogens (primary N) is 1. The van der Waals surface area contributed by atoms with Gasteiger partial charge in [0.05, 0.1) is 0 Å². The lowest BCUT2D eigenvalue weighted by Gasteiger charge is -2.26.